The lowest BCUT2D eigenvalue weighted by Gasteiger charge is -2.10. The van der Waals surface area contributed by atoms with E-state index in [2.05, 4.69) is 4.74 Å². The van der Waals surface area contributed by atoms with Crippen LogP contribution in [-0.2, 0) is 4.74 Å². The van der Waals surface area contributed by atoms with Crippen LogP contribution in [0.4, 0.5) is 5.69 Å². The third-order valence-corrected chi connectivity index (χ3v) is 1.93. The Balaban J connectivity index is 2.95. The number of methoxy groups -OCH3 is 1. The summed E-state index contributed by atoms with van der Waals surface area (Å²) in [6, 6.07) is 5.06. The van der Waals surface area contributed by atoms with E-state index >= 15 is 0 Å². The molecule has 0 bridgehead atoms. The van der Waals surface area contributed by atoms with Crippen LogP contribution in [0.5, 0.6) is 5.75 Å². The second-order valence-corrected chi connectivity index (χ2v) is 3.06. The highest BCUT2D eigenvalue weighted by Gasteiger charge is 2.12. The standard InChI is InChI=1S/C11H15NO3/c1-3-7-15-9-6-4-5-8(10(9)12)11(13)14-2/h4-6H,3,7,12H2,1-2H3. The quantitative estimate of drug-likeness (QED) is 0.607. The zero-order valence-electron chi connectivity index (χ0n) is 8.95. The Morgan fingerprint density at radius 3 is 2.80 bits per heavy atom. The smallest absolute Gasteiger partial charge is 0.340 e. The molecule has 4 heteroatoms. The second-order valence-electron chi connectivity index (χ2n) is 3.06. The summed E-state index contributed by atoms with van der Waals surface area (Å²) in [5.41, 5.74) is 6.45. The van der Waals surface area contributed by atoms with Crippen LogP contribution < -0.4 is 10.5 Å². The van der Waals surface area contributed by atoms with Crippen molar-refractivity contribution in [3.63, 3.8) is 0 Å². The van der Waals surface area contributed by atoms with Gasteiger partial charge in [0.2, 0.25) is 0 Å². The molecular formula is C11H15NO3. The molecule has 0 fully saturated rings. The summed E-state index contributed by atoms with van der Waals surface area (Å²) < 4.78 is 9.99. The number of esters is 1. The first-order valence-corrected chi connectivity index (χ1v) is 4.80. The van der Waals surface area contributed by atoms with E-state index in [-0.39, 0.29) is 0 Å². The van der Waals surface area contributed by atoms with Gasteiger partial charge in [0.1, 0.15) is 5.75 Å². The molecule has 0 aromatic heterocycles. The van der Waals surface area contributed by atoms with Crippen LogP contribution in [0.25, 0.3) is 0 Å². The monoisotopic (exact) mass is 209 g/mol. The van der Waals surface area contributed by atoms with Gasteiger partial charge >= 0.3 is 5.97 Å². The fraction of sp³-hybridized carbons (Fsp3) is 0.364. The lowest BCUT2D eigenvalue weighted by Crippen LogP contribution is -2.07. The number of carbonyl (C=O) groups excluding carboxylic acids is 1. The zero-order valence-corrected chi connectivity index (χ0v) is 8.95. The van der Waals surface area contributed by atoms with Crippen molar-refractivity contribution in [2.24, 2.45) is 0 Å². The van der Waals surface area contributed by atoms with Gasteiger partial charge in [-0.2, -0.15) is 0 Å². The molecule has 0 saturated carbocycles. The number of ether oxygens (including phenoxy) is 2. The molecule has 0 unspecified atom stereocenters. The van der Waals surface area contributed by atoms with Crippen molar-refractivity contribution in [3.8, 4) is 5.75 Å². The van der Waals surface area contributed by atoms with Crippen LogP contribution in [-0.4, -0.2) is 19.7 Å². The van der Waals surface area contributed by atoms with Crippen molar-refractivity contribution in [2.45, 2.75) is 13.3 Å². The maximum atomic E-state index is 11.3. The van der Waals surface area contributed by atoms with Gasteiger partial charge in [0, 0.05) is 0 Å². The van der Waals surface area contributed by atoms with Gasteiger partial charge in [-0.3, -0.25) is 0 Å². The molecule has 0 spiro atoms. The minimum Gasteiger partial charge on any atom is -0.491 e. The highest BCUT2D eigenvalue weighted by molar-refractivity contribution is 5.96. The van der Waals surface area contributed by atoms with Gasteiger partial charge in [0.15, 0.2) is 0 Å². The van der Waals surface area contributed by atoms with Gasteiger partial charge in [-0.15, -0.1) is 0 Å². The lowest BCUT2D eigenvalue weighted by atomic mass is 10.1. The molecule has 0 saturated heterocycles. The molecule has 82 valence electrons. The lowest BCUT2D eigenvalue weighted by molar-refractivity contribution is 0.0601. The van der Waals surface area contributed by atoms with Crippen molar-refractivity contribution in [3.05, 3.63) is 23.8 Å². The van der Waals surface area contributed by atoms with Crippen molar-refractivity contribution in [1.82, 2.24) is 0 Å². The van der Waals surface area contributed by atoms with E-state index < -0.39 is 5.97 Å². The molecule has 0 aliphatic carbocycles. The number of nitrogen functional groups attached to an aromatic ring is 1. The first-order valence-electron chi connectivity index (χ1n) is 4.80. The molecule has 0 aliphatic heterocycles. The van der Waals surface area contributed by atoms with Gasteiger partial charge < -0.3 is 15.2 Å². The predicted molar refractivity (Wildman–Crippen MR) is 58.0 cm³/mol. The van der Waals surface area contributed by atoms with E-state index in [1.807, 2.05) is 6.92 Å². The summed E-state index contributed by atoms with van der Waals surface area (Å²) in [5.74, 6) is 0.0780. The number of anilines is 1. The SMILES string of the molecule is CCCOc1cccc(C(=O)OC)c1N. The minimum absolute atomic E-state index is 0.331. The third kappa shape index (κ3) is 2.62. The Morgan fingerprint density at radius 2 is 2.20 bits per heavy atom. The Bertz CT molecular complexity index is 350. The van der Waals surface area contributed by atoms with Crippen LogP contribution in [0.3, 0.4) is 0 Å². The maximum absolute atomic E-state index is 11.3. The van der Waals surface area contributed by atoms with Gasteiger partial charge in [0.05, 0.1) is 25.0 Å². The Labute approximate surface area is 89.0 Å². The molecule has 1 aromatic rings. The van der Waals surface area contributed by atoms with E-state index in [0.29, 0.717) is 23.6 Å². The van der Waals surface area contributed by atoms with Crippen LogP contribution in [0, 0.1) is 0 Å². The Hall–Kier alpha value is -1.71. The van der Waals surface area contributed by atoms with Gasteiger partial charge in [0.25, 0.3) is 0 Å². The van der Waals surface area contributed by atoms with E-state index in [1.165, 1.54) is 7.11 Å². The Morgan fingerprint density at radius 1 is 1.47 bits per heavy atom. The Kier molecular flexibility index (Phi) is 3.97. The molecule has 0 atom stereocenters. The molecule has 0 aliphatic rings. The predicted octanol–water partition coefficient (Wildman–Crippen LogP) is 1.84. The van der Waals surface area contributed by atoms with Crippen LogP contribution in [0.15, 0.2) is 18.2 Å². The molecule has 4 nitrogen and oxygen atoms in total. The van der Waals surface area contributed by atoms with Crippen molar-refractivity contribution in [1.29, 1.82) is 0 Å². The summed E-state index contributed by atoms with van der Waals surface area (Å²) in [4.78, 5) is 11.3. The summed E-state index contributed by atoms with van der Waals surface area (Å²) >= 11 is 0. The first kappa shape index (κ1) is 11.4. The average molecular weight is 209 g/mol. The fourth-order valence-corrected chi connectivity index (χ4v) is 1.17. The first-order chi connectivity index (χ1) is 7.20. The molecule has 1 aromatic carbocycles. The molecule has 1 rings (SSSR count). The summed E-state index contributed by atoms with van der Waals surface area (Å²) in [6.45, 7) is 2.58. The molecule has 15 heavy (non-hydrogen) atoms. The van der Waals surface area contributed by atoms with Crippen molar-refractivity contribution in [2.75, 3.05) is 19.5 Å². The van der Waals surface area contributed by atoms with E-state index in [1.54, 1.807) is 18.2 Å². The van der Waals surface area contributed by atoms with Crippen molar-refractivity contribution < 1.29 is 14.3 Å². The molecule has 0 heterocycles. The zero-order chi connectivity index (χ0) is 11.3. The maximum Gasteiger partial charge on any atom is 0.340 e. The van der Waals surface area contributed by atoms with E-state index in [9.17, 15) is 4.79 Å². The average Bonchev–Trinajstić information content (AvgIpc) is 2.27. The number of rotatable bonds is 4. The third-order valence-electron chi connectivity index (χ3n) is 1.93. The molecular weight excluding hydrogens is 194 g/mol. The fourth-order valence-electron chi connectivity index (χ4n) is 1.17. The van der Waals surface area contributed by atoms with E-state index in [0.717, 1.165) is 6.42 Å². The largest absolute Gasteiger partial charge is 0.491 e. The number of hydrogen-bond acceptors (Lipinski definition) is 4. The van der Waals surface area contributed by atoms with Crippen LogP contribution in [0.1, 0.15) is 23.7 Å². The van der Waals surface area contributed by atoms with Crippen molar-refractivity contribution >= 4 is 11.7 Å². The highest BCUT2D eigenvalue weighted by Crippen LogP contribution is 2.25. The topological polar surface area (TPSA) is 61.5 Å². The number of hydrogen-bond donors (Lipinski definition) is 1. The molecule has 0 amide bonds. The normalized spacial score (nSPS) is 9.73. The summed E-state index contributed by atoms with van der Waals surface area (Å²) in [7, 11) is 1.32. The number of carbonyl (C=O) groups is 1. The van der Waals surface area contributed by atoms with Gasteiger partial charge in [-0.05, 0) is 18.6 Å². The second kappa shape index (κ2) is 5.24. The number of nitrogens with two attached hydrogens (primary N) is 1. The summed E-state index contributed by atoms with van der Waals surface area (Å²) in [5, 5.41) is 0. The van der Waals surface area contributed by atoms with Gasteiger partial charge in [-0.1, -0.05) is 13.0 Å². The number of benzene rings is 1. The minimum atomic E-state index is -0.450. The summed E-state index contributed by atoms with van der Waals surface area (Å²) in [6.07, 6.45) is 0.891. The molecule has 0 radical (unpaired) electrons. The van der Waals surface area contributed by atoms with Crippen LogP contribution >= 0.6 is 0 Å². The van der Waals surface area contributed by atoms with Gasteiger partial charge in [-0.25, -0.2) is 4.79 Å². The highest BCUT2D eigenvalue weighted by atomic mass is 16.5. The molecule has 2 N–H and O–H groups in total. The number of para-hydroxylation sites is 1. The van der Waals surface area contributed by atoms with Crippen LogP contribution in [0.2, 0.25) is 0 Å². The van der Waals surface area contributed by atoms with E-state index in [4.69, 9.17) is 10.5 Å².